The van der Waals surface area contributed by atoms with Gasteiger partial charge in [-0.3, -0.25) is 4.79 Å². The number of aryl methyl sites for hydroxylation is 2. The molecule has 0 aliphatic rings. The van der Waals surface area contributed by atoms with Gasteiger partial charge in [0, 0.05) is 0 Å². The van der Waals surface area contributed by atoms with Gasteiger partial charge in [0.25, 0.3) is 0 Å². The summed E-state index contributed by atoms with van der Waals surface area (Å²) in [5, 5.41) is 9.37. The van der Waals surface area contributed by atoms with Gasteiger partial charge in [-0.25, -0.2) is 0 Å². The molecule has 19 heavy (non-hydrogen) atoms. The lowest BCUT2D eigenvalue weighted by atomic mass is 9.91. The van der Waals surface area contributed by atoms with Crippen molar-refractivity contribution in [1.82, 2.24) is 0 Å². The van der Waals surface area contributed by atoms with E-state index in [1.54, 1.807) is 0 Å². The zero-order valence-corrected chi connectivity index (χ0v) is 11.0. The van der Waals surface area contributed by atoms with E-state index >= 15 is 0 Å². The molecule has 2 aromatic rings. The van der Waals surface area contributed by atoms with Crippen molar-refractivity contribution < 1.29 is 9.90 Å². The molecule has 98 valence electrons. The van der Waals surface area contributed by atoms with Gasteiger partial charge in [0.05, 0.1) is 5.92 Å². The molecule has 2 heteroatoms. The lowest BCUT2D eigenvalue weighted by Crippen LogP contribution is -2.12. The van der Waals surface area contributed by atoms with E-state index in [9.17, 15) is 9.90 Å². The van der Waals surface area contributed by atoms with E-state index in [-0.39, 0.29) is 0 Å². The molecule has 0 aromatic heterocycles. The van der Waals surface area contributed by atoms with Crippen LogP contribution < -0.4 is 0 Å². The van der Waals surface area contributed by atoms with Crippen molar-refractivity contribution >= 4 is 5.97 Å². The normalized spacial score (nSPS) is 12.1. The molecule has 2 rings (SSSR count). The number of carbonyl (C=O) groups is 1. The summed E-state index contributed by atoms with van der Waals surface area (Å²) >= 11 is 0. The number of aliphatic carboxylic acids is 1. The van der Waals surface area contributed by atoms with Crippen molar-refractivity contribution in [3.05, 3.63) is 71.3 Å². The van der Waals surface area contributed by atoms with E-state index in [0.29, 0.717) is 6.42 Å². The first kappa shape index (κ1) is 13.3. The Morgan fingerprint density at radius 2 is 1.68 bits per heavy atom. The molecule has 1 N–H and O–H groups in total. The summed E-state index contributed by atoms with van der Waals surface area (Å²) in [5.41, 5.74) is 3.33. The average molecular weight is 254 g/mol. The molecule has 2 aromatic carbocycles. The van der Waals surface area contributed by atoms with Gasteiger partial charge in [0.2, 0.25) is 0 Å². The maximum Gasteiger partial charge on any atom is 0.310 e. The minimum absolute atomic E-state index is 0.430. The van der Waals surface area contributed by atoms with Gasteiger partial charge in [-0.15, -0.1) is 0 Å². The summed E-state index contributed by atoms with van der Waals surface area (Å²) in [6.45, 7) is 2.06. The Morgan fingerprint density at radius 3 is 2.32 bits per heavy atom. The van der Waals surface area contributed by atoms with Crippen LogP contribution in [0, 0.1) is 6.92 Å². The SMILES string of the molecule is Cc1ccccc1CCC(C(=O)O)c1ccccc1. The van der Waals surface area contributed by atoms with Crippen molar-refractivity contribution in [2.75, 3.05) is 0 Å². The quantitative estimate of drug-likeness (QED) is 0.881. The van der Waals surface area contributed by atoms with Crippen LogP contribution in [0.25, 0.3) is 0 Å². The van der Waals surface area contributed by atoms with Crippen LogP contribution in [-0.2, 0) is 11.2 Å². The second-order valence-electron chi connectivity index (χ2n) is 4.77. The summed E-state index contributed by atoms with van der Waals surface area (Å²) in [5.74, 6) is -1.18. The zero-order chi connectivity index (χ0) is 13.7. The molecule has 0 spiro atoms. The van der Waals surface area contributed by atoms with Gasteiger partial charge in [-0.05, 0) is 36.5 Å². The van der Waals surface area contributed by atoms with Gasteiger partial charge in [0.1, 0.15) is 0 Å². The highest BCUT2D eigenvalue weighted by Gasteiger charge is 2.19. The van der Waals surface area contributed by atoms with Crippen molar-refractivity contribution in [2.45, 2.75) is 25.7 Å². The molecule has 0 fully saturated rings. The highest BCUT2D eigenvalue weighted by atomic mass is 16.4. The third-order valence-corrected chi connectivity index (χ3v) is 3.46. The minimum Gasteiger partial charge on any atom is -0.481 e. The molecule has 2 nitrogen and oxygen atoms in total. The van der Waals surface area contributed by atoms with E-state index in [0.717, 1.165) is 12.0 Å². The lowest BCUT2D eigenvalue weighted by molar-refractivity contribution is -0.138. The van der Waals surface area contributed by atoms with Crippen molar-refractivity contribution in [3.8, 4) is 0 Å². The summed E-state index contributed by atoms with van der Waals surface area (Å²) in [6, 6.07) is 17.6. The molecule has 0 bridgehead atoms. The standard InChI is InChI=1S/C17H18O2/c1-13-7-5-6-8-14(13)11-12-16(17(18)19)15-9-3-2-4-10-15/h2-10,16H,11-12H2,1H3,(H,18,19). The van der Waals surface area contributed by atoms with Crippen LogP contribution >= 0.6 is 0 Å². The summed E-state index contributed by atoms with van der Waals surface area (Å²) in [4.78, 5) is 11.4. The Hall–Kier alpha value is -2.09. The highest BCUT2D eigenvalue weighted by molar-refractivity contribution is 5.76. The van der Waals surface area contributed by atoms with E-state index < -0.39 is 11.9 Å². The average Bonchev–Trinajstić information content (AvgIpc) is 2.42. The maximum absolute atomic E-state index is 11.4. The van der Waals surface area contributed by atoms with Gasteiger partial charge in [0.15, 0.2) is 0 Å². The predicted molar refractivity (Wildman–Crippen MR) is 76.3 cm³/mol. The zero-order valence-electron chi connectivity index (χ0n) is 11.0. The second kappa shape index (κ2) is 6.19. The highest BCUT2D eigenvalue weighted by Crippen LogP contribution is 2.23. The smallest absolute Gasteiger partial charge is 0.310 e. The van der Waals surface area contributed by atoms with Crippen molar-refractivity contribution in [1.29, 1.82) is 0 Å². The number of hydrogen-bond donors (Lipinski definition) is 1. The monoisotopic (exact) mass is 254 g/mol. The Bertz CT molecular complexity index is 546. The van der Waals surface area contributed by atoms with Gasteiger partial charge >= 0.3 is 5.97 Å². The fourth-order valence-corrected chi connectivity index (χ4v) is 2.31. The van der Waals surface area contributed by atoms with Crippen LogP contribution in [-0.4, -0.2) is 11.1 Å². The number of rotatable bonds is 5. The van der Waals surface area contributed by atoms with Crippen LogP contribution in [0.15, 0.2) is 54.6 Å². The first-order valence-corrected chi connectivity index (χ1v) is 6.50. The Kier molecular flexibility index (Phi) is 4.35. The molecule has 0 heterocycles. The van der Waals surface area contributed by atoms with Crippen molar-refractivity contribution in [2.24, 2.45) is 0 Å². The minimum atomic E-state index is -0.750. The van der Waals surface area contributed by atoms with Crippen LogP contribution in [0.4, 0.5) is 0 Å². The molecule has 0 saturated heterocycles. The maximum atomic E-state index is 11.4. The largest absolute Gasteiger partial charge is 0.481 e. The molecule has 0 aliphatic heterocycles. The number of benzene rings is 2. The summed E-state index contributed by atoms with van der Waals surface area (Å²) < 4.78 is 0. The molecular formula is C17H18O2. The second-order valence-corrected chi connectivity index (χ2v) is 4.77. The summed E-state index contributed by atoms with van der Waals surface area (Å²) in [7, 11) is 0. The molecule has 1 atom stereocenters. The third-order valence-electron chi connectivity index (χ3n) is 3.46. The fraction of sp³-hybridized carbons (Fsp3) is 0.235. The van der Waals surface area contributed by atoms with Gasteiger partial charge in [-0.2, -0.15) is 0 Å². The van der Waals surface area contributed by atoms with E-state index in [1.807, 2.05) is 42.5 Å². The predicted octanol–water partition coefficient (Wildman–Crippen LogP) is 3.80. The molecule has 0 saturated carbocycles. The van der Waals surface area contributed by atoms with Crippen LogP contribution in [0.1, 0.15) is 29.0 Å². The van der Waals surface area contributed by atoms with Gasteiger partial charge in [-0.1, -0.05) is 54.6 Å². The summed E-state index contributed by atoms with van der Waals surface area (Å²) in [6.07, 6.45) is 1.42. The number of carboxylic acids is 1. The molecule has 1 unspecified atom stereocenters. The lowest BCUT2D eigenvalue weighted by Gasteiger charge is -2.13. The molecular weight excluding hydrogens is 236 g/mol. The van der Waals surface area contributed by atoms with E-state index in [1.165, 1.54) is 11.1 Å². The third kappa shape index (κ3) is 3.44. The number of hydrogen-bond acceptors (Lipinski definition) is 1. The van der Waals surface area contributed by atoms with E-state index in [2.05, 4.69) is 19.1 Å². The Morgan fingerprint density at radius 1 is 1.05 bits per heavy atom. The van der Waals surface area contributed by atoms with Crippen LogP contribution in [0.5, 0.6) is 0 Å². The van der Waals surface area contributed by atoms with Crippen LogP contribution in [0.2, 0.25) is 0 Å². The first-order valence-electron chi connectivity index (χ1n) is 6.50. The topological polar surface area (TPSA) is 37.3 Å². The van der Waals surface area contributed by atoms with E-state index in [4.69, 9.17) is 0 Å². The van der Waals surface area contributed by atoms with Crippen molar-refractivity contribution in [3.63, 3.8) is 0 Å². The molecule has 0 aliphatic carbocycles. The fourth-order valence-electron chi connectivity index (χ4n) is 2.31. The number of carboxylic acid groups (broad SMARTS) is 1. The molecule has 0 radical (unpaired) electrons. The Balaban J connectivity index is 2.11. The first-order chi connectivity index (χ1) is 9.18. The molecule has 0 amide bonds. The Labute approximate surface area is 113 Å². The van der Waals surface area contributed by atoms with Crippen LogP contribution in [0.3, 0.4) is 0 Å². The van der Waals surface area contributed by atoms with Gasteiger partial charge < -0.3 is 5.11 Å².